The van der Waals surface area contributed by atoms with E-state index < -0.39 is 0 Å². The minimum absolute atomic E-state index is 0.149. The third kappa shape index (κ3) is 3.81. The minimum atomic E-state index is -0.226. The monoisotopic (exact) mass is 227 g/mol. The van der Waals surface area contributed by atoms with E-state index in [-0.39, 0.29) is 23.7 Å². The number of carbonyl (C=O) groups is 2. The number of rotatable bonds is 3. The lowest BCUT2D eigenvalue weighted by atomic mass is 9.85. The van der Waals surface area contributed by atoms with Crippen molar-refractivity contribution < 1.29 is 9.59 Å². The van der Waals surface area contributed by atoms with Crippen molar-refractivity contribution in [3.63, 3.8) is 0 Å². The molecule has 0 bridgehead atoms. The molecule has 5 nitrogen and oxygen atoms in total. The second-order valence-corrected chi connectivity index (χ2v) is 5.11. The molecule has 0 saturated carbocycles. The standard InChI is InChI=1S/C11H21N3O2/c1-11(2)5-3-10(16)14(8-6-11)7-4-9(15)13-12/h3-8,12H2,1-2H3,(H,13,15). The van der Waals surface area contributed by atoms with Crippen molar-refractivity contribution in [1.29, 1.82) is 0 Å². The third-order valence-electron chi connectivity index (χ3n) is 3.20. The Bertz CT molecular complexity index is 276. The molecular formula is C11H21N3O2. The quantitative estimate of drug-likeness (QED) is 0.416. The zero-order valence-corrected chi connectivity index (χ0v) is 10.1. The molecule has 16 heavy (non-hydrogen) atoms. The average molecular weight is 227 g/mol. The van der Waals surface area contributed by atoms with Crippen molar-refractivity contribution in [1.82, 2.24) is 10.3 Å². The van der Waals surface area contributed by atoms with E-state index in [0.29, 0.717) is 13.0 Å². The summed E-state index contributed by atoms with van der Waals surface area (Å²) in [7, 11) is 0. The van der Waals surface area contributed by atoms with E-state index in [4.69, 9.17) is 5.84 Å². The van der Waals surface area contributed by atoms with Gasteiger partial charge in [-0.1, -0.05) is 13.8 Å². The van der Waals surface area contributed by atoms with Crippen molar-refractivity contribution in [3.05, 3.63) is 0 Å². The lowest BCUT2D eigenvalue weighted by molar-refractivity contribution is -0.131. The van der Waals surface area contributed by atoms with Crippen molar-refractivity contribution in [3.8, 4) is 0 Å². The molecule has 0 aromatic rings. The zero-order valence-electron chi connectivity index (χ0n) is 10.1. The summed E-state index contributed by atoms with van der Waals surface area (Å²) in [6.45, 7) is 5.56. The molecular weight excluding hydrogens is 206 g/mol. The van der Waals surface area contributed by atoms with Crippen LogP contribution in [0.2, 0.25) is 0 Å². The first-order chi connectivity index (χ1) is 7.44. The van der Waals surface area contributed by atoms with Gasteiger partial charge in [-0.15, -0.1) is 0 Å². The number of amides is 2. The van der Waals surface area contributed by atoms with Gasteiger partial charge in [-0.25, -0.2) is 5.84 Å². The molecule has 1 rings (SSSR count). The molecule has 3 N–H and O–H groups in total. The summed E-state index contributed by atoms with van der Waals surface area (Å²) in [6.07, 6.45) is 2.77. The summed E-state index contributed by atoms with van der Waals surface area (Å²) < 4.78 is 0. The van der Waals surface area contributed by atoms with E-state index in [9.17, 15) is 9.59 Å². The molecule has 0 unspecified atom stereocenters. The van der Waals surface area contributed by atoms with Crippen LogP contribution in [-0.4, -0.2) is 29.8 Å². The number of likely N-dealkylation sites (tertiary alicyclic amines) is 1. The fourth-order valence-electron chi connectivity index (χ4n) is 1.84. The van der Waals surface area contributed by atoms with Crippen LogP contribution < -0.4 is 11.3 Å². The molecule has 0 aliphatic carbocycles. The molecule has 1 fully saturated rings. The normalized spacial score (nSPS) is 20.4. The lowest BCUT2D eigenvalue weighted by Gasteiger charge is -2.23. The number of hydrogen-bond donors (Lipinski definition) is 2. The maximum absolute atomic E-state index is 11.8. The highest BCUT2D eigenvalue weighted by molar-refractivity contribution is 5.79. The maximum Gasteiger partial charge on any atom is 0.235 e. The molecule has 0 spiro atoms. The van der Waals surface area contributed by atoms with Gasteiger partial charge in [0.25, 0.3) is 0 Å². The van der Waals surface area contributed by atoms with Crippen molar-refractivity contribution >= 4 is 11.8 Å². The summed E-state index contributed by atoms with van der Waals surface area (Å²) >= 11 is 0. The van der Waals surface area contributed by atoms with Crippen LogP contribution in [0.3, 0.4) is 0 Å². The number of carbonyl (C=O) groups excluding carboxylic acids is 2. The number of hydrazine groups is 1. The summed E-state index contributed by atoms with van der Waals surface area (Å²) in [5.74, 6) is 4.92. The van der Waals surface area contributed by atoms with Gasteiger partial charge in [-0.3, -0.25) is 15.0 Å². The Kier molecular flexibility index (Phi) is 4.29. The second-order valence-electron chi connectivity index (χ2n) is 5.11. The van der Waals surface area contributed by atoms with E-state index in [0.717, 1.165) is 19.4 Å². The predicted octanol–water partition coefficient (Wildman–Crippen LogP) is 0.405. The summed E-state index contributed by atoms with van der Waals surface area (Å²) in [6, 6.07) is 0. The highest BCUT2D eigenvalue weighted by Gasteiger charge is 2.27. The molecule has 1 aliphatic heterocycles. The van der Waals surface area contributed by atoms with Gasteiger partial charge in [0, 0.05) is 25.9 Å². The first-order valence-corrected chi connectivity index (χ1v) is 5.72. The van der Waals surface area contributed by atoms with Gasteiger partial charge in [0.1, 0.15) is 0 Å². The Labute approximate surface area is 96.3 Å². The SMILES string of the molecule is CC1(C)CCC(=O)N(CCC(=O)NN)CC1. The van der Waals surface area contributed by atoms with Crippen LogP contribution >= 0.6 is 0 Å². The Morgan fingerprint density at radius 3 is 2.81 bits per heavy atom. The molecule has 0 aromatic carbocycles. The molecule has 1 heterocycles. The van der Waals surface area contributed by atoms with Crippen LogP contribution in [-0.2, 0) is 9.59 Å². The van der Waals surface area contributed by atoms with Crippen LogP contribution in [0, 0.1) is 5.41 Å². The summed E-state index contributed by atoms with van der Waals surface area (Å²) in [5.41, 5.74) is 2.30. The molecule has 0 aromatic heterocycles. The minimum Gasteiger partial charge on any atom is -0.342 e. The van der Waals surface area contributed by atoms with Crippen molar-refractivity contribution in [2.45, 2.75) is 39.5 Å². The first kappa shape index (κ1) is 13.0. The van der Waals surface area contributed by atoms with Crippen LogP contribution in [0.15, 0.2) is 0 Å². The lowest BCUT2D eigenvalue weighted by Crippen LogP contribution is -2.37. The van der Waals surface area contributed by atoms with Gasteiger partial charge < -0.3 is 4.90 Å². The van der Waals surface area contributed by atoms with E-state index in [2.05, 4.69) is 19.3 Å². The Morgan fingerprint density at radius 1 is 1.50 bits per heavy atom. The summed E-state index contributed by atoms with van der Waals surface area (Å²) in [4.78, 5) is 24.5. The van der Waals surface area contributed by atoms with E-state index in [1.807, 2.05) is 0 Å². The van der Waals surface area contributed by atoms with Gasteiger partial charge in [0.05, 0.1) is 0 Å². The molecule has 1 saturated heterocycles. The van der Waals surface area contributed by atoms with Crippen LogP contribution in [0.4, 0.5) is 0 Å². The highest BCUT2D eigenvalue weighted by Crippen LogP contribution is 2.30. The second kappa shape index (κ2) is 5.30. The van der Waals surface area contributed by atoms with E-state index in [1.54, 1.807) is 4.90 Å². The smallest absolute Gasteiger partial charge is 0.235 e. The predicted molar refractivity (Wildman–Crippen MR) is 61.2 cm³/mol. The average Bonchev–Trinajstić information content (AvgIpc) is 2.37. The molecule has 2 amide bonds. The van der Waals surface area contributed by atoms with Crippen LogP contribution in [0.25, 0.3) is 0 Å². The van der Waals surface area contributed by atoms with Crippen LogP contribution in [0.5, 0.6) is 0 Å². The van der Waals surface area contributed by atoms with Crippen LogP contribution in [0.1, 0.15) is 39.5 Å². The van der Waals surface area contributed by atoms with Gasteiger partial charge in [0.15, 0.2) is 0 Å². The van der Waals surface area contributed by atoms with Gasteiger partial charge in [-0.05, 0) is 18.3 Å². The Balaban J connectivity index is 2.47. The van der Waals surface area contributed by atoms with E-state index >= 15 is 0 Å². The van der Waals surface area contributed by atoms with Gasteiger partial charge in [0.2, 0.25) is 11.8 Å². The number of nitrogens with two attached hydrogens (primary N) is 1. The molecule has 0 atom stereocenters. The van der Waals surface area contributed by atoms with Crippen molar-refractivity contribution in [2.75, 3.05) is 13.1 Å². The molecule has 92 valence electrons. The zero-order chi connectivity index (χ0) is 12.2. The number of nitrogens with zero attached hydrogens (tertiary/aromatic N) is 1. The number of hydrogen-bond acceptors (Lipinski definition) is 3. The topological polar surface area (TPSA) is 75.4 Å². The molecule has 5 heteroatoms. The number of nitrogens with one attached hydrogen (secondary N) is 1. The van der Waals surface area contributed by atoms with E-state index in [1.165, 1.54) is 0 Å². The fourth-order valence-corrected chi connectivity index (χ4v) is 1.84. The fraction of sp³-hybridized carbons (Fsp3) is 0.818. The molecule has 1 aliphatic rings. The van der Waals surface area contributed by atoms with Gasteiger partial charge >= 0.3 is 0 Å². The maximum atomic E-state index is 11.8. The Morgan fingerprint density at radius 2 is 2.19 bits per heavy atom. The summed E-state index contributed by atoms with van der Waals surface area (Å²) in [5, 5.41) is 0. The first-order valence-electron chi connectivity index (χ1n) is 5.72. The highest BCUT2D eigenvalue weighted by atomic mass is 16.2. The van der Waals surface area contributed by atoms with Crippen molar-refractivity contribution in [2.24, 2.45) is 11.3 Å². The Hall–Kier alpha value is -1.10. The third-order valence-corrected chi connectivity index (χ3v) is 3.20. The van der Waals surface area contributed by atoms with Gasteiger partial charge in [-0.2, -0.15) is 0 Å². The largest absolute Gasteiger partial charge is 0.342 e. The molecule has 0 radical (unpaired) electrons.